The molecule has 2 N–H and O–H groups in total. The van der Waals surface area contributed by atoms with E-state index >= 15 is 0 Å². The van der Waals surface area contributed by atoms with E-state index in [9.17, 15) is 13.9 Å². The van der Waals surface area contributed by atoms with E-state index in [1.807, 2.05) is 19.9 Å². The van der Waals surface area contributed by atoms with Gasteiger partial charge in [-0.3, -0.25) is 4.68 Å². The van der Waals surface area contributed by atoms with Crippen molar-refractivity contribution in [3.05, 3.63) is 17.5 Å². The van der Waals surface area contributed by atoms with E-state index in [1.165, 1.54) is 0 Å². The molecule has 0 amide bonds. The Bertz CT molecular complexity index is 629. The van der Waals surface area contributed by atoms with Gasteiger partial charge in [-0.15, -0.1) is 0 Å². The van der Waals surface area contributed by atoms with Crippen molar-refractivity contribution in [2.24, 2.45) is 0 Å². The number of aliphatic hydroxyl groups is 1. The minimum absolute atomic E-state index is 0.0406. The van der Waals surface area contributed by atoms with Gasteiger partial charge in [0.2, 0.25) is 5.92 Å². The molecule has 3 heterocycles. The van der Waals surface area contributed by atoms with Crippen LogP contribution in [0.5, 0.6) is 0 Å². The number of aromatic nitrogens is 2. The fourth-order valence-corrected chi connectivity index (χ4v) is 4.29. The fraction of sp³-hybridized carbons (Fsp3) is 0.824. The summed E-state index contributed by atoms with van der Waals surface area (Å²) in [4.78, 5) is 0. The third kappa shape index (κ3) is 3.20. The van der Waals surface area contributed by atoms with Crippen LogP contribution in [0.2, 0.25) is 0 Å². The van der Waals surface area contributed by atoms with Gasteiger partial charge >= 0.3 is 0 Å². The largest absolute Gasteiger partial charge is 0.389 e. The van der Waals surface area contributed by atoms with Crippen LogP contribution in [0.3, 0.4) is 0 Å². The maximum Gasteiger partial charge on any atom is 0.248 e. The first kappa shape index (κ1) is 17.3. The Morgan fingerprint density at radius 2 is 2.04 bits per heavy atom. The molecule has 1 saturated carbocycles. The second-order valence-corrected chi connectivity index (χ2v) is 7.55. The number of halogens is 2. The zero-order chi connectivity index (χ0) is 17.8. The number of hydrogen-bond acceptors (Lipinski definition) is 5. The zero-order valence-corrected chi connectivity index (χ0v) is 14.5. The summed E-state index contributed by atoms with van der Waals surface area (Å²) in [6, 6.07) is 1.10. The zero-order valence-electron chi connectivity index (χ0n) is 14.5. The first-order chi connectivity index (χ1) is 11.8. The van der Waals surface area contributed by atoms with Gasteiger partial charge in [0, 0.05) is 24.6 Å². The quantitative estimate of drug-likeness (QED) is 0.862. The molecule has 6 nitrogen and oxygen atoms in total. The van der Waals surface area contributed by atoms with Crippen molar-refractivity contribution in [2.45, 2.75) is 82.1 Å². The standard InChI is InChI=1S/C17H25F2N3O3/c1-9-7-10(2)22(21-9)14-15(23)13(12-8-24-16(14)25-12)20-11-3-5-17(18,19)6-4-11/h7,11-16,20,23H,3-6,8H2,1-2H3/t12-,13-,14-,15+,16-/m1/s1. The lowest BCUT2D eigenvalue weighted by atomic mass is 9.89. The summed E-state index contributed by atoms with van der Waals surface area (Å²) in [5.41, 5.74) is 1.79. The van der Waals surface area contributed by atoms with Gasteiger partial charge in [0.15, 0.2) is 6.29 Å². The number of nitrogens with zero attached hydrogens (tertiary/aromatic N) is 2. The van der Waals surface area contributed by atoms with Gasteiger partial charge in [-0.05, 0) is 32.8 Å². The first-order valence-electron chi connectivity index (χ1n) is 8.96. The molecule has 3 fully saturated rings. The Labute approximate surface area is 145 Å². The van der Waals surface area contributed by atoms with Gasteiger partial charge in [0.25, 0.3) is 0 Å². The molecule has 0 radical (unpaired) electrons. The summed E-state index contributed by atoms with van der Waals surface area (Å²) < 4.78 is 40.2. The Kier molecular flexibility index (Phi) is 4.34. The summed E-state index contributed by atoms with van der Waals surface area (Å²) in [7, 11) is 0. The van der Waals surface area contributed by atoms with E-state index in [1.54, 1.807) is 4.68 Å². The van der Waals surface area contributed by atoms with Crippen molar-refractivity contribution >= 4 is 0 Å². The molecule has 3 aliphatic rings. The number of nitrogens with one attached hydrogen (secondary N) is 1. The average Bonchev–Trinajstić information content (AvgIpc) is 3.11. The smallest absolute Gasteiger partial charge is 0.248 e. The second kappa shape index (κ2) is 6.26. The van der Waals surface area contributed by atoms with Gasteiger partial charge in [-0.25, -0.2) is 8.78 Å². The second-order valence-electron chi connectivity index (χ2n) is 7.55. The molecule has 0 unspecified atom stereocenters. The van der Waals surface area contributed by atoms with Crippen LogP contribution in [0.15, 0.2) is 6.07 Å². The molecule has 0 aromatic carbocycles. The maximum absolute atomic E-state index is 13.4. The summed E-state index contributed by atoms with van der Waals surface area (Å²) >= 11 is 0. The molecule has 1 aliphatic carbocycles. The molecule has 2 bridgehead atoms. The monoisotopic (exact) mass is 357 g/mol. The maximum atomic E-state index is 13.4. The summed E-state index contributed by atoms with van der Waals surface area (Å²) in [6.07, 6.45) is -0.984. The van der Waals surface area contributed by atoms with Crippen molar-refractivity contribution < 1.29 is 23.4 Å². The lowest BCUT2D eigenvalue weighted by Gasteiger charge is -2.41. The average molecular weight is 357 g/mol. The molecule has 2 aliphatic heterocycles. The predicted octanol–water partition coefficient (Wildman–Crippen LogP) is 1.69. The van der Waals surface area contributed by atoms with E-state index in [-0.39, 0.29) is 31.0 Å². The van der Waals surface area contributed by atoms with Crippen LogP contribution >= 0.6 is 0 Å². The Morgan fingerprint density at radius 3 is 2.68 bits per heavy atom. The highest BCUT2D eigenvalue weighted by Crippen LogP contribution is 2.38. The number of rotatable bonds is 3. The minimum atomic E-state index is -2.56. The highest BCUT2D eigenvalue weighted by atomic mass is 19.3. The van der Waals surface area contributed by atoms with Gasteiger partial charge in [-0.2, -0.15) is 5.10 Å². The Morgan fingerprint density at radius 1 is 1.32 bits per heavy atom. The van der Waals surface area contributed by atoms with Gasteiger partial charge < -0.3 is 19.9 Å². The molecule has 0 spiro atoms. The molecule has 5 atom stereocenters. The molecule has 4 rings (SSSR count). The van der Waals surface area contributed by atoms with Crippen LogP contribution in [0.4, 0.5) is 8.78 Å². The van der Waals surface area contributed by atoms with Gasteiger partial charge in [-0.1, -0.05) is 0 Å². The molecular weight excluding hydrogens is 332 g/mol. The van der Waals surface area contributed by atoms with E-state index in [0.29, 0.717) is 19.4 Å². The number of aliphatic hydroxyl groups excluding tert-OH is 1. The number of ether oxygens (including phenoxy) is 2. The van der Waals surface area contributed by atoms with Crippen LogP contribution in [0.1, 0.15) is 43.1 Å². The molecule has 140 valence electrons. The van der Waals surface area contributed by atoms with E-state index in [2.05, 4.69) is 10.4 Å². The van der Waals surface area contributed by atoms with Crippen LogP contribution < -0.4 is 5.32 Å². The number of hydrogen-bond donors (Lipinski definition) is 2. The van der Waals surface area contributed by atoms with E-state index in [4.69, 9.17) is 9.47 Å². The topological polar surface area (TPSA) is 68.5 Å². The number of fused-ring (bicyclic) bond motifs is 2. The highest BCUT2D eigenvalue weighted by molar-refractivity contribution is 5.11. The number of alkyl halides is 2. The molecule has 25 heavy (non-hydrogen) atoms. The van der Waals surface area contributed by atoms with Crippen molar-refractivity contribution in [3.63, 3.8) is 0 Å². The van der Waals surface area contributed by atoms with Crippen LogP contribution in [0.25, 0.3) is 0 Å². The van der Waals surface area contributed by atoms with Gasteiger partial charge in [0.1, 0.15) is 12.1 Å². The van der Waals surface area contributed by atoms with Crippen molar-refractivity contribution in [1.29, 1.82) is 0 Å². The highest BCUT2D eigenvalue weighted by Gasteiger charge is 2.52. The first-order valence-corrected chi connectivity index (χ1v) is 8.96. The predicted molar refractivity (Wildman–Crippen MR) is 85.5 cm³/mol. The summed E-state index contributed by atoms with van der Waals surface area (Å²) in [5.74, 6) is -2.56. The summed E-state index contributed by atoms with van der Waals surface area (Å²) in [6.45, 7) is 4.22. The fourth-order valence-electron chi connectivity index (χ4n) is 4.29. The normalized spacial score (nSPS) is 38.2. The van der Waals surface area contributed by atoms with Crippen LogP contribution in [0, 0.1) is 13.8 Å². The van der Waals surface area contributed by atoms with Crippen molar-refractivity contribution in [3.8, 4) is 0 Å². The van der Waals surface area contributed by atoms with Gasteiger partial charge in [0.05, 0.1) is 24.4 Å². The number of aryl methyl sites for hydroxylation is 2. The van der Waals surface area contributed by atoms with E-state index in [0.717, 1.165) is 11.4 Å². The molecule has 1 aromatic rings. The van der Waals surface area contributed by atoms with Crippen LogP contribution in [-0.4, -0.2) is 58.0 Å². The molecule has 8 heteroatoms. The minimum Gasteiger partial charge on any atom is -0.389 e. The molecule has 1 aromatic heterocycles. The Hall–Kier alpha value is -1.09. The Balaban J connectivity index is 1.51. The lowest BCUT2D eigenvalue weighted by molar-refractivity contribution is -0.170. The van der Waals surface area contributed by atoms with Crippen molar-refractivity contribution in [1.82, 2.24) is 15.1 Å². The SMILES string of the molecule is Cc1cc(C)n([C@H]2[C@@H]3OC[C@@H](O3)[C@@H](NC3CCC(F)(F)CC3)[C@@H]2O)n1. The lowest BCUT2D eigenvalue weighted by Crippen LogP contribution is -2.60. The van der Waals surface area contributed by atoms with E-state index < -0.39 is 24.4 Å². The van der Waals surface area contributed by atoms with Crippen LogP contribution in [-0.2, 0) is 9.47 Å². The molecule has 2 saturated heterocycles. The summed E-state index contributed by atoms with van der Waals surface area (Å²) in [5, 5.41) is 18.8. The third-order valence-corrected chi connectivity index (χ3v) is 5.60. The van der Waals surface area contributed by atoms with Crippen molar-refractivity contribution in [2.75, 3.05) is 6.61 Å². The third-order valence-electron chi connectivity index (χ3n) is 5.60. The molecular formula is C17H25F2N3O3.